The minimum absolute atomic E-state index is 0.101. The third-order valence-corrected chi connectivity index (χ3v) is 8.25. The highest BCUT2D eigenvalue weighted by molar-refractivity contribution is 6.59. The lowest BCUT2D eigenvalue weighted by Crippen LogP contribution is -2.20. The second-order valence-electron chi connectivity index (χ2n) is 4.50. The standard InChI is InChI=1S/C11H25OSi2/c1-3-5-9-14(10-6-4-2)12-13-11-7-8-11/h11H,3-10,13H2,1-2H3. The van der Waals surface area contributed by atoms with Gasteiger partial charge in [0.05, 0.1) is 0 Å². The number of rotatable bonds is 9. The van der Waals surface area contributed by atoms with Crippen molar-refractivity contribution in [3.8, 4) is 0 Å². The summed E-state index contributed by atoms with van der Waals surface area (Å²) < 4.78 is 6.21. The Morgan fingerprint density at radius 2 is 1.71 bits per heavy atom. The molecule has 1 saturated carbocycles. The van der Waals surface area contributed by atoms with Gasteiger partial charge in [-0.1, -0.05) is 52.4 Å². The van der Waals surface area contributed by atoms with Crippen LogP contribution in [0.4, 0.5) is 0 Å². The molecule has 0 bridgehead atoms. The first-order valence-electron chi connectivity index (χ1n) is 6.34. The summed E-state index contributed by atoms with van der Waals surface area (Å²) in [5, 5.41) is 0. The Morgan fingerprint density at radius 1 is 1.14 bits per heavy atom. The topological polar surface area (TPSA) is 9.23 Å². The third kappa shape index (κ3) is 5.99. The fourth-order valence-electron chi connectivity index (χ4n) is 1.54. The lowest BCUT2D eigenvalue weighted by molar-refractivity contribution is 0.584. The molecule has 0 saturated heterocycles. The molecule has 1 rings (SSSR count). The van der Waals surface area contributed by atoms with Crippen LogP contribution >= 0.6 is 0 Å². The van der Waals surface area contributed by atoms with Crippen molar-refractivity contribution in [2.75, 3.05) is 0 Å². The molecule has 0 atom stereocenters. The van der Waals surface area contributed by atoms with Crippen molar-refractivity contribution in [3.05, 3.63) is 0 Å². The molecule has 1 radical (unpaired) electrons. The number of hydrogen-bond acceptors (Lipinski definition) is 1. The molecule has 0 aromatic heterocycles. The highest BCUT2D eigenvalue weighted by atomic mass is 28.3. The Balaban J connectivity index is 2.05. The lowest BCUT2D eigenvalue weighted by Gasteiger charge is -2.14. The van der Waals surface area contributed by atoms with Gasteiger partial charge in [-0.15, -0.1) is 0 Å². The molecule has 0 N–H and O–H groups in total. The van der Waals surface area contributed by atoms with Gasteiger partial charge in [0.2, 0.25) is 0 Å². The highest BCUT2D eigenvalue weighted by Crippen LogP contribution is 2.35. The van der Waals surface area contributed by atoms with Gasteiger partial charge in [-0.3, -0.25) is 0 Å². The van der Waals surface area contributed by atoms with E-state index in [2.05, 4.69) is 13.8 Å². The van der Waals surface area contributed by atoms with E-state index in [-0.39, 0.29) is 18.8 Å². The van der Waals surface area contributed by atoms with Crippen molar-refractivity contribution >= 4 is 18.8 Å². The van der Waals surface area contributed by atoms with E-state index in [1.807, 2.05) is 0 Å². The molecule has 1 nitrogen and oxygen atoms in total. The normalized spacial score (nSPS) is 17.4. The Morgan fingerprint density at radius 3 is 2.14 bits per heavy atom. The molecule has 14 heavy (non-hydrogen) atoms. The Hall–Kier alpha value is 0.394. The second-order valence-corrected chi connectivity index (χ2v) is 9.22. The van der Waals surface area contributed by atoms with E-state index in [9.17, 15) is 0 Å². The quantitative estimate of drug-likeness (QED) is 0.552. The van der Waals surface area contributed by atoms with Crippen LogP contribution in [0.5, 0.6) is 0 Å². The first kappa shape index (κ1) is 12.5. The first-order chi connectivity index (χ1) is 6.86. The Bertz CT molecular complexity index is 129. The summed E-state index contributed by atoms with van der Waals surface area (Å²) in [5.41, 5.74) is 1.08. The summed E-state index contributed by atoms with van der Waals surface area (Å²) >= 11 is 0. The molecule has 0 aromatic rings. The maximum Gasteiger partial charge on any atom is 0.197 e. The van der Waals surface area contributed by atoms with Crippen LogP contribution in [-0.2, 0) is 4.12 Å². The van der Waals surface area contributed by atoms with E-state index >= 15 is 0 Å². The summed E-state index contributed by atoms with van der Waals surface area (Å²) in [6.07, 6.45) is 8.46. The van der Waals surface area contributed by atoms with Crippen molar-refractivity contribution in [1.82, 2.24) is 0 Å². The summed E-state index contributed by atoms with van der Waals surface area (Å²) in [6, 6.07) is 2.84. The van der Waals surface area contributed by atoms with E-state index in [0.29, 0.717) is 0 Å². The lowest BCUT2D eigenvalue weighted by atomic mass is 10.4. The van der Waals surface area contributed by atoms with Gasteiger partial charge in [-0.25, -0.2) is 0 Å². The molecule has 0 amide bonds. The average Bonchev–Trinajstić information content (AvgIpc) is 3.00. The smallest absolute Gasteiger partial charge is 0.197 e. The molecular weight excluding hydrogens is 204 g/mol. The van der Waals surface area contributed by atoms with E-state index in [4.69, 9.17) is 4.12 Å². The van der Waals surface area contributed by atoms with Crippen molar-refractivity contribution in [3.63, 3.8) is 0 Å². The van der Waals surface area contributed by atoms with Gasteiger partial charge in [-0.05, 0) is 17.6 Å². The second kappa shape index (κ2) is 7.66. The number of hydrogen-bond donors (Lipinski definition) is 0. The van der Waals surface area contributed by atoms with E-state index < -0.39 is 0 Å². The van der Waals surface area contributed by atoms with Crippen molar-refractivity contribution in [1.29, 1.82) is 0 Å². The van der Waals surface area contributed by atoms with Crippen LogP contribution in [0.2, 0.25) is 17.6 Å². The molecule has 0 aliphatic heterocycles. The molecule has 1 fully saturated rings. The molecule has 0 aromatic carbocycles. The Kier molecular flexibility index (Phi) is 6.81. The fourth-order valence-corrected chi connectivity index (χ4v) is 6.89. The van der Waals surface area contributed by atoms with Crippen molar-refractivity contribution < 1.29 is 4.12 Å². The fraction of sp³-hybridized carbons (Fsp3) is 1.00. The van der Waals surface area contributed by atoms with Gasteiger partial charge in [0, 0.05) is 0 Å². The van der Waals surface area contributed by atoms with Crippen LogP contribution in [0.1, 0.15) is 52.4 Å². The minimum Gasteiger partial charge on any atom is -0.460 e. The van der Waals surface area contributed by atoms with Crippen molar-refractivity contribution in [2.45, 2.75) is 70.0 Å². The van der Waals surface area contributed by atoms with Crippen LogP contribution in [0.3, 0.4) is 0 Å². The van der Waals surface area contributed by atoms with Gasteiger partial charge in [0.25, 0.3) is 0 Å². The maximum absolute atomic E-state index is 6.21. The summed E-state index contributed by atoms with van der Waals surface area (Å²) in [5.74, 6) is 0. The predicted octanol–water partition coefficient (Wildman–Crippen LogP) is 3.26. The van der Waals surface area contributed by atoms with E-state index in [1.54, 1.807) is 0 Å². The van der Waals surface area contributed by atoms with E-state index in [1.165, 1.54) is 50.6 Å². The first-order valence-corrected chi connectivity index (χ1v) is 9.56. The van der Waals surface area contributed by atoms with Crippen molar-refractivity contribution in [2.24, 2.45) is 0 Å². The molecule has 1 aliphatic carbocycles. The molecule has 1 aliphatic rings. The van der Waals surface area contributed by atoms with Crippen LogP contribution in [0.15, 0.2) is 0 Å². The Labute approximate surface area is 93.3 Å². The molecule has 3 heteroatoms. The number of unbranched alkanes of at least 4 members (excludes halogenated alkanes) is 2. The van der Waals surface area contributed by atoms with Gasteiger partial charge in [0.15, 0.2) is 9.04 Å². The maximum atomic E-state index is 6.21. The average molecular weight is 229 g/mol. The summed E-state index contributed by atoms with van der Waals surface area (Å²) in [7, 11) is -0.464. The van der Waals surface area contributed by atoms with Gasteiger partial charge < -0.3 is 4.12 Å². The van der Waals surface area contributed by atoms with Crippen LogP contribution in [-0.4, -0.2) is 18.8 Å². The van der Waals surface area contributed by atoms with E-state index in [0.717, 1.165) is 5.54 Å². The van der Waals surface area contributed by atoms with Crippen LogP contribution < -0.4 is 0 Å². The SMILES string of the molecule is CCCC[Si](CCCC)O[SiH2]C1CC1. The molecule has 0 heterocycles. The van der Waals surface area contributed by atoms with Crippen LogP contribution in [0, 0.1) is 0 Å². The highest BCUT2D eigenvalue weighted by Gasteiger charge is 2.24. The summed E-state index contributed by atoms with van der Waals surface area (Å²) in [6.45, 7) is 4.58. The van der Waals surface area contributed by atoms with Gasteiger partial charge in [0.1, 0.15) is 9.76 Å². The zero-order valence-electron chi connectivity index (χ0n) is 9.85. The zero-order chi connectivity index (χ0) is 10.2. The summed E-state index contributed by atoms with van der Waals surface area (Å²) in [4.78, 5) is 0. The van der Waals surface area contributed by atoms with Gasteiger partial charge >= 0.3 is 0 Å². The van der Waals surface area contributed by atoms with Gasteiger partial charge in [-0.2, -0.15) is 0 Å². The monoisotopic (exact) mass is 229 g/mol. The third-order valence-electron chi connectivity index (χ3n) is 2.84. The molecule has 0 spiro atoms. The largest absolute Gasteiger partial charge is 0.460 e. The zero-order valence-corrected chi connectivity index (χ0v) is 12.3. The van der Waals surface area contributed by atoms with Crippen LogP contribution in [0.25, 0.3) is 0 Å². The minimum atomic E-state index is -0.363. The molecular formula is C11H25OSi2. The molecule has 0 unspecified atom stereocenters. The molecule has 83 valence electrons. The predicted molar refractivity (Wildman–Crippen MR) is 67.8 cm³/mol.